The van der Waals surface area contributed by atoms with E-state index in [1.807, 2.05) is 0 Å². The van der Waals surface area contributed by atoms with Crippen LogP contribution in [0.3, 0.4) is 0 Å². The van der Waals surface area contributed by atoms with Crippen molar-refractivity contribution in [3.63, 3.8) is 0 Å². The van der Waals surface area contributed by atoms with Gasteiger partial charge in [-0.1, -0.05) is 23.7 Å². The Morgan fingerprint density at radius 3 is 2.50 bits per heavy atom. The van der Waals surface area contributed by atoms with E-state index in [0.717, 1.165) is 5.56 Å². The van der Waals surface area contributed by atoms with Crippen LogP contribution in [-0.4, -0.2) is 37.5 Å². The molecule has 0 unspecified atom stereocenters. The molecular formula is C14H18ClNO3S. The standard InChI is InChI=1S/C14H18ClNO3S/c1-16(10-12-8-14(17)9-12)20(18,19)7-6-11-2-4-13(15)5-3-11/h2-7,12,14,17H,8-10H2,1H3. The van der Waals surface area contributed by atoms with Crippen LogP contribution in [0.4, 0.5) is 0 Å². The molecule has 0 bridgehead atoms. The van der Waals surface area contributed by atoms with Crippen LogP contribution in [-0.2, 0) is 10.0 Å². The van der Waals surface area contributed by atoms with Gasteiger partial charge in [0, 0.05) is 24.0 Å². The number of hydrogen-bond acceptors (Lipinski definition) is 3. The summed E-state index contributed by atoms with van der Waals surface area (Å²) in [6, 6.07) is 6.95. The Bertz CT molecular complexity index is 577. The number of sulfonamides is 1. The number of hydrogen-bond donors (Lipinski definition) is 1. The quantitative estimate of drug-likeness (QED) is 0.907. The zero-order valence-corrected chi connectivity index (χ0v) is 12.8. The third-order valence-electron chi connectivity index (χ3n) is 3.46. The van der Waals surface area contributed by atoms with Crippen molar-refractivity contribution in [1.29, 1.82) is 0 Å². The molecule has 1 aromatic rings. The van der Waals surface area contributed by atoms with Gasteiger partial charge in [-0.2, -0.15) is 0 Å². The first-order chi connectivity index (χ1) is 9.37. The van der Waals surface area contributed by atoms with Crippen LogP contribution in [0.25, 0.3) is 6.08 Å². The monoisotopic (exact) mass is 315 g/mol. The summed E-state index contributed by atoms with van der Waals surface area (Å²) in [7, 11) is -1.86. The van der Waals surface area contributed by atoms with Crippen LogP contribution in [0.1, 0.15) is 18.4 Å². The molecule has 1 fully saturated rings. The molecule has 1 N–H and O–H groups in total. The van der Waals surface area contributed by atoms with E-state index in [9.17, 15) is 13.5 Å². The van der Waals surface area contributed by atoms with Crippen molar-refractivity contribution in [2.45, 2.75) is 18.9 Å². The molecule has 0 amide bonds. The normalized spacial score (nSPS) is 23.2. The summed E-state index contributed by atoms with van der Waals surface area (Å²) < 4.78 is 25.5. The van der Waals surface area contributed by atoms with Crippen molar-refractivity contribution in [2.75, 3.05) is 13.6 Å². The maximum atomic E-state index is 12.1. The van der Waals surface area contributed by atoms with Crippen LogP contribution in [0.5, 0.6) is 0 Å². The minimum absolute atomic E-state index is 0.258. The number of benzene rings is 1. The highest BCUT2D eigenvalue weighted by atomic mass is 35.5. The van der Waals surface area contributed by atoms with Crippen LogP contribution >= 0.6 is 11.6 Å². The predicted octanol–water partition coefficient (Wildman–Crippen LogP) is 2.34. The fourth-order valence-corrected chi connectivity index (χ4v) is 3.24. The van der Waals surface area contributed by atoms with Gasteiger partial charge >= 0.3 is 0 Å². The average molecular weight is 316 g/mol. The summed E-state index contributed by atoms with van der Waals surface area (Å²) >= 11 is 5.77. The van der Waals surface area contributed by atoms with Crippen LogP contribution in [0.15, 0.2) is 29.7 Å². The zero-order chi connectivity index (χ0) is 14.8. The molecule has 20 heavy (non-hydrogen) atoms. The number of rotatable bonds is 5. The summed E-state index contributed by atoms with van der Waals surface area (Å²) in [5.74, 6) is 0.258. The van der Waals surface area contributed by atoms with Gasteiger partial charge in [0.1, 0.15) is 0 Å². The first kappa shape index (κ1) is 15.5. The van der Waals surface area contributed by atoms with Crippen molar-refractivity contribution in [2.24, 2.45) is 5.92 Å². The van der Waals surface area contributed by atoms with Crippen molar-refractivity contribution in [3.05, 3.63) is 40.3 Å². The molecular weight excluding hydrogens is 298 g/mol. The smallest absolute Gasteiger partial charge is 0.235 e. The molecule has 0 aliphatic heterocycles. The van der Waals surface area contributed by atoms with Gasteiger partial charge in [0.2, 0.25) is 10.0 Å². The fraction of sp³-hybridized carbons (Fsp3) is 0.429. The topological polar surface area (TPSA) is 57.6 Å². The number of halogens is 1. The van der Waals surface area contributed by atoms with Gasteiger partial charge < -0.3 is 5.11 Å². The molecule has 0 radical (unpaired) electrons. The molecule has 0 aromatic heterocycles. The average Bonchev–Trinajstić information content (AvgIpc) is 2.36. The minimum atomic E-state index is -3.42. The zero-order valence-electron chi connectivity index (χ0n) is 11.2. The van der Waals surface area contributed by atoms with Crippen LogP contribution in [0, 0.1) is 5.92 Å². The van der Waals surface area contributed by atoms with Gasteiger partial charge in [-0.25, -0.2) is 12.7 Å². The summed E-state index contributed by atoms with van der Waals surface area (Å²) in [6.07, 6.45) is 2.65. The van der Waals surface area contributed by atoms with E-state index in [1.165, 1.54) is 9.71 Å². The van der Waals surface area contributed by atoms with Gasteiger partial charge in [0.15, 0.2) is 0 Å². The molecule has 1 saturated carbocycles. The van der Waals surface area contributed by atoms with Gasteiger partial charge in [-0.3, -0.25) is 0 Å². The lowest BCUT2D eigenvalue weighted by atomic mass is 9.82. The first-order valence-electron chi connectivity index (χ1n) is 6.45. The third-order valence-corrected chi connectivity index (χ3v) is 5.21. The molecule has 0 atom stereocenters. The van der Waals surface area contributed by atoms with E-state index in [2.05, 4.69) is 0 Å². The van der Waals surface area contributed by atoms with Gasteiger partial charge in [0.25, 0.3) is 0 Å². The Hall–Kier alpha value is -0.880. The van der Waals surface area contributed by atoms with Gasteiger partial charge in [-0.15, -0.1) is 0 Å². The number of aliphatic hydroxyl groups is 1. The molecule has 6 heteroatoms. The SMILES string of the molecule is CN(CC1CC(O)C1)S(=O)(=O)C=Cc1ccc(Cl)cc1. The molecule has 0 spiro atoms. The lowest BCUT2D eigenvalue weighted by Gasteiger charge is -2.33. The molecule has 0 heterocycles. The number of aliphatic hydroxyl groups excluding tert-OH is 1. The highest BCUT2D eigenvalue weighted by Gasteiger charge is 2.30. The van der Waals surface area contributed by atoms with Crippen LogP contribution in [0.2, 0.25) is 5.02 Å². The van der Waals surface area contributed by atoms with E-state index >= 15 is 0 Å². The second-order valence-electron chi connectivity index (χ2n) is 5.17. The second-order valence-corrected chi connectivity index (χ2v) is 7.53. The third kappa shape index (κ3) is 4.06. The fourth-order valence-electron chi connectivity index (χ4n) is 2.16. The van der Waals surface area contributed by atoms with Crippen molar-refractivity contribution >= 4 is 27.7 Å². The van der Waals surface area contributed by atoms with E-state index in [-0.39, 0.29) is 12.0 Å². The molecule has 110 valence electrons. The predicted molar refractivity (Wildman–Crippen MR) is 80.8 cm³/mol. The lowest BCUT2D eigenvalue weighted by Crippen LogP contribution is -2.38. The second kappa shape index (κ2) is 6.26. The Morgan fingerprint density at radius 2 is 1.95 bits per heavy atom. The molecule has 4 nitrogen and oxygen atoms in total. The van der Waals surface area contributed by atoms with E-state index in [0.29, 0.717) is 24.4 Å². The van der Waals surface area contributed by atoms with E-state index in [1.54, 1.807) is 37.4 Å². The van der Waals surface area contributed by atoms with E-state index < -0.39 is 10.0 Å². The summed E-state index contributed by atoms with van der Waals surface area (Å²) in [5.41, 5.74) is 0.783. The lowest BCUT2D eigenvalue weighted by molar-refractivity contribution is 0.0368. The maximum Gasteiger partial charge on any atom is 0.235 e. The molecule has 1 aliphatic rings. The van der Waals surface area contributed by atoms with Crippen molar-refractivity contribution < 1.29 is 13.5 Å². The minimum Gasteiger partial charge on any atom is -0.393 e. The summed E-state index contributed by atoms with van der Waals surface area (Å²) in [6.45, 7) is 0.449. The Balaban J connectivity index is 1.97. The molecule has 1 aromatic carbocycles. The largest absolute Gasteiger partial charge is 0.393 e. The summed E-state index contributed by atoms with van der Waals surface area (Å²) in [5, 5.41) is 11.0. The van der Waals surface area contributed by atoms with E-state index in [4.69, 9.17) is 11.6 Å². The van der Waals surface area contributed by atoms with Crippen molar-refractivity contribution in [3.8, 4) is 0 Å². The van der Waals surface area contributed by atoms with Crippen molar-refractivity contribution in [1.82, 2.24) is 4.31 Å². The Labute approximate surface area is 124 Å². The van der Waals surface area contributed by atoms with Crippen LogP contribution < -0.4 is 0 Å². The highest BCUT2D eigenvalue weighted by Crippen LogP contribution is 2.28. The van der Waals surface area contributed by atoms with Gasteiger partial charge in [-0.05, 0) is 42.5 Å². The highest BCUT2D eigenvalue weighted by molar-refractivity contribution is 7.92. The molecule has 1 aliphatic carbocycles. The van der Waals surface area contributed by atoms with Gasteiger partial charge in [0.05, 0.1) is 6.10 Å². The first-order valence-corrected chi connectivity index (χ1v) is 8.33. The molecule has 2 rings (SSSR count). The molecule has 0 saturated heterocycles. The number of nitrogens with zero attached hydrogens (tertiary/aromatic N) is 1. The summed E-state index contributed by atoms with van der Waals surface area (Å²) in [4.78, 5) is 0. The maximum absolute atomic E-state index is 12.1. The Morgan fingerprint density at radius 1 is 1.35 bits per heavy atom. The Kier molecular flexibility index (Phi) is 4.86.